The van der Waals surface area contributed by atoms with Crippen LogP contribution in [0.4, 0.5) is 11.5 Å². The topological polar surface area (TPSA) is 55.6 Å². The summed E-state index contributed by atoms with van der Waals surface area (Å²) in [5, 5.41) is 8.84. The predicted octanol–water partition coefficient (Wildman–Crippen LogP) is 4.88. The van der Waals surface area contributed by atoms with Crippen LogP contribution in [0.3, 0.4) is 0 Å². The van der Waals surface area contributed by atoms with Gasteiger partial charge in [0, 0.05) is 16.7 Å². The number of halogens is 1. The third-order valence-electron chi connectivity index (χ3n) is 4.15. The minimum Gasteiger partial charge on any atom is -0.339 e. The maximum absolute atomic E-state index is 4.61. The molecule has 2 aromatic carbocycles. The summed E-state index contributed by atoms with van der Waals surface area (Å²) in [5.74, 6) is 1.49. The van der Waals surface area contributed by atoms with E-state index in [9.17, 15) is 0 Å². The molecule has 26 heavy (non-hydrogen) atoms. The van der Waals surface area contributed by atoms with Gasteiger partial charge in [0.25, 0.3) is 0 Å². The largest absolute Gasteiger partial charge is 0.339 e. The fourth-order valence-electron chi connectivity index (χ4n) is 2.91. The molecule has 0 radical (unpaired) electrons. The van der Waals surface area contributed by atoms with E-state index in [2.05, 4.69) is 60.6 Å². The van der Waals surface area contributed by atoms with Crippen molar-refractivity contribution >= 4 is 38.5 Å². The number of nitrogens with one attached hydrogen (secondary N) is 1. The number of rotatable bonds is 5. The van der Waals surface area contributed by atoms with E-state index >= 15 is 0 Å². The highest BCUT2D eigenvalue weighted by Gasteiger charge is 2.12. The highest BCUT2D eigenvalue weighted by molar-refractivity contribution is 9.10. The van der Waals surface area contributed by atoms with Crippen LogP contribution in [0.2, 0.25) is 0 Å². The zero-order valence-electron chi connectivity index (χ0n) is 14.4. The highest BCUT2D eigenvalue weighted by atomic mass is 79.9. The summed E-state index contributed by atoms with van der Waals surface area (Å²) in [6.07, 6.45) is 2.75. The molecule has 5 nitrogen and oxygen atoms in total. The normalized spacial score (nSPS) is 11.0. The number of aryl methyl sites for hydroxylation is 3. The van der Waals surface area contributed by atoms with Crippen molar-refractivity contribution in [2.24, 2.45) is 0 Å². The Kier molecular flexibility index (Phi) is 4.67. The lowest BCUT2D eigenvalue weighted by Crippen LogP contribution is -2.05. The predicted molar refractivity (Wildman–Crippen MR) is 108 cm³/mol. The smallest absolute Gasteiger partial charge is 0.163 e. The monoisotopic (exact) mass is 407 g/mol. The Hall–Kier alpha value is -2.73. The van der Waals surface area contributed by atoms with Crippen molar-refractivity contribution in [1.82, 2.24) is 19.7 Å². The van der Waals surface area contributed by atoms with Gasteiger partial charge in [-0.15, -0.1) is 0 Å². The molecule has 0 aliphatic rings. The highest BCUT2D eigenvalue weighted by Crippen LogP contribution is 2.25. The molecule has 0 aliphatic carbocycles. The van der Waals surface area contributed by atoms with Crippen LogP contribution in [-0.4, -0.2) is 19.7 Å². The molecule has 0 fully saturated rings. The lowest BCUT2D eigenvalue weighted by atomic mass is 10.1. The molecule has 6 heteroatoms. The molecule has 0 atom stereocenters. The molecule has 4 rings (SSSR count). The Labute approximate surface area is 160 Å². The third-order valence-corrected chi connectivity index (χ3v) is 4.64. The molecule has 0 bridgehead atoms. The standard InChI is InChI=1S/C20H18BrN5/c1-14-23-19(25-17-9-5-8-16(21)12-17)18-13-22-26(20(18)24-14)11-10-15-6-3-2-4-7-15/h2-9,12-13H,10-11H2,1H3,(H,23,24,25). The number of hydrogen-bond donors (Lipinski definition) is 1. The first-order chi connectivity index (χ1) is 12.7. The van der Waals surface area contributed by atoms with Gasteiger partial charge in [0.2, 0.25) is 0 Å². The van der Waals surface area contributed by atoms with Crippen molar-refractivity contribution < 1.29 is 0 Å². The molecule has 0 saturated heterocycles. The van der Waals surface area contributed by atoms with Gasteiger partial charge >= 0.3 is 0 Å². The summed E-state index contributed by atoms with van der Waals surface area (Å²) in [7, 11) is 0. The van der Waals surface area contributed by atoms with E-state index in [0.29, 0.717) is 0 Å². The van der Waals surface area contributed by atoms with Gasteiger partial charge in [-0.1, -0.05) is 52.3 Å². The van der Waals surface area contributed by atoms with Gasteiger partial charge in [-0.2, -0.15) is 5.10 Å². The lowest BCUT2D eigenvalue weighted by molar-refractivity contribution is 0.629. The van der Waals surface area contributed by atoms with Crippen molar-refractivity contribution in [2.45, 2.75) is 19.9 Å². The first-order valence-electron chi connectivity index (χ1n) is 8.46. The maximum atomic E-state index is 4.61. The Balaban J connectivity index is 1.64. The van der Waals surface area contributed by atoms with Crippen LogP contribution in [-0.2, 0) is 13.0 Å². The Morgan fingerprint density at radius 2 is 1.88 bits per heavy atom. The number of nitrogens with zero attached hydrogens (tertiary/aromatic N) is 4. The molecular formula is C20H18BrN5. The van der Waals surface area contributed by atoms with E-state index < -0.39 is 0 Å². The number of hydrogen-bond acceptors (Lipinski definition) is 4. The Morgan fingerprint density at radius 1 is 1.04 bits per heavy atom. The summed E-state index contributed by atoms with van der Waals surface area (Å²) in [6.45, 7) is 2.68. The summed E-state index contributed by atoms with van der Waals surface area (Å²) >= 11 is 3.50. The number of fused-ring (bicyclic) bond motifs is 1. The SMILES string of the molecule is Cc1nc(Nc2cccc(Br)c2)c2cnn(CCc3ccccc3)c2n1. The van der Waals surface area contributed by atoms with Gasteiger partial charge < -0.3 is 5.32 Å². The van der Waals surface area contributed by atoms with Crippen LogP contribution in [0.1, 0.15) is 11.4 Å². The zero-order valence-corrected chi connectivity index (χ0v) is 15.9. The van der Waals surface area contributed by atoms with Crippen molar-refractivity contribution in [2.75, 3.05) is 5.32 Å². The number of aromatic nitrogens is 4. The first kappa shape index (κ1) is 16.7. The summed E-state index contributed by atoms with van der Waals surface area (Å²) < 4.78 is 2.96. The van der Waals surface area contributed by atoms with Gasteiger partial charge in [0.15, 0.2) is 5.65 Å². The molecule has 1 N–H and O–H groups in total. The van der Waals surface area contributed by atoms with Gasteiger partial charge in [0.1, 0.15) is 11.6 Å². The summed E-state index contributed by atoms with van der Waals surface area (Å²) in [6, 6.07) is 18.4. The minimum absolute atomic E-state index is 0.719. The molecule has 130 valence electrons. The van der Waals surface area contributed by atoms with Gasteiger partial charge in [-0.25, -0.2) is 14.6 Å². The Bertz CT molecular complexity index is 1040. The third kappa shape index (κ3) is 3.60. The van der Waals surface area contributed by atoms with Crippen LogP contribution in [0.5, 0.6) is 0 Å². The fourth-order valence-corrected chi connectivity index (χ4v) is 3.30. The minimum atomic E-state index is 0.719. The fraction of sp³-hybridized carbons (Fsp3) is 0.150. The lowest BCUT2D eigenvalue weighted by Gasteiger charge is -2.09. The van der Waals surface area contributed by atoms with Crippen LogP contribution in [0, 0.1) is 6.92 Å². The molecular weight excluding hydrogens is 390 g/mol. The quantitative estimate of drug-likeness (QED) is 0.511. The van der Waals surface area contributed by atoms with E-state index in [4.69, 9.17) is 0 Å². The Morgan fingerprint density at radius 3 is 2.69 bits per heavy atom. The van der Waals surface area contributed by atoms with E-state index in [-0.39, 0.29) is 0 Å². The molecule has 0 spiro atoms. The second kappa shape index (κ2) is 7.25. The van der Waals surface area contributed by atoms with Crippen LogP contribution in [0.25, 0.3) is 11.0 Å². The molecule has 2 heterocycles. The van der Waals surface area contributed by atoms with Crippen molar-refractivity contribution in [3.63, 3.8) is 0 Å². The van der Waals surface area contributed by atoms with Gasteiger partial charge in [0.05, 0.1) is 11.6 Å². The average Bonchev–Trinajstić information content (AvgIpc) is 3.04. The van der Waals surface area contributed by atoms with Gasteiger partial charge in [-0.05, 0) is 37.1 Å². The van der Waals surface area contributed by atoms with Crippen LogP contribution in [0.15, 0.2) is 65.3 Å². The second-order valence-electron chi connectivity index (χ2n) is 6.10. The van der Waals surface area contributed by atoms with Gasteiger partial charge in [-0.3, -0.25) is 0 Å². The van der Waals surface area contributed by atoms with E-state index in [1.807, 2.05) is 48.1 Å². The van der Waals surface area contributed by atoms with Crippen molar-refractivity contribution in [3.05, 3.63) is 76.7 Å². The first-order valence-corrected chi connectivity index (χ1v) is 9.25. The molecule has 0 aliphatic heterocycles. The molecule has 0 amide bonds. The van der Waals surface area contributed by atoms with Crippen LogP contribution < -0.4 is 5.32 Å². The average molecular weight is 408 g/mol. The second-order valence-corrected chi connectivity index (χ2v) is 7.01. The molecule has 4 aromatic rings. The van der Waals surface area contributed by atoms with Crippen molar-refractivity contribution in [1.29, 1.82) is 0 Å². The maximum Gasteiger partial charge on any atom is 0.163 e. The molecule has 0 unspecified atom stereocenters. The van der Waals surface area contributed by atoms with Crippen molar-refractivity contribution in [3.8, 4) is 0 Å². The van der Waals surface area contributed by atoms with E-state index in [0.717, 1.165) is 45.8 Å². The number of anilines is 2. The number of benzene rings is 2. The molecule has 0 saturated carbocycles. The summed E-state index contributed by atoms with van der Waals surface area (Å²) in [5.41, 5.74) is 3.11. The molecule has 2 aromatic heterocycles. The van der Waals surface area contributed by atoms with E-state index in [1.165, 1.54) is 5.56 Å². The summed E-state index contributed by atoms with van der Waals surface area (Å²) in [4.78, 5) is 9.17. The van der Waals surface area contributed by atoms with Crippen LogP contribution >= 0.6 is 15.9 Å². The zero-order chi connectivity index (χ0) is 17.9. The van der Waals surface area contributed by atoms with E-state index in [1.54, 1.807) is 0 Å².